The standard InChI is InChI=1S/C26H19ClF3N5O2/c27-16-5-4-15(12-18(16)29)32-26(37)34-20-8-6-17(28)23(24(20)30)25(36)14-3-7-19-21(11-14)33-22(13-31-19)35-9-1-2-10-35/h3-8,11-13H,1-2,9-10H2,(H2,32,34,37). The van der Waals surface area contributed by atoms with Crippen LogP contribution >= 0.6 is 11.6 Å². The second kappa shape index (κ2) is 10.1. The van der Waals surface area contributed by atoms with Crippen molar-refractivity contribution in [2.75, 3.05) is 28.6 Å². The molecule has 2 N–H and O–H groups in total. The van der Waals surface area contributed by atoms with Crippen LogP contribution in [0.25, 0.3) is 11.0 Å². The number of amides is 2. The highest BCUT2D eigenvalue weighted by molar-refractivity contribution is 6.30. The third-order valence-electron chi connectivity index (χ3n) is 5.97. The van der Waals surface area contributed by atoms with Gasteiger partial charge in [-0.3, -0.25) is 9.78 Å². The van der Waals surface area contributed by atoms with E-state index in [0.29, 0.717) is 16.9 Å². The van der Waals surface area contributed by atoms with Crippen LogP contribution in [0.5, 0.6) is 0 Å². The van der Waals surface area contributed by atoms with E-state index in [1.165, 1.54) is 24.3 Å². The van der Waals surface area contributed by atoms with Gasteiger partial charge in [0.15, 0.2) is 11.6 Å². The number of nitrogens with one attached hydrogen (secondary N) is 2. The number of fused-ring (bicyclic) bond motifs is 1. The molecule has 37 heavy (non-hydrogen) atoms. The molecule has 4 aromatic rings. The fourth-order valence-electron chi connectivity index (χ4n) is 4.10. The number of rotatable bonds is 5. The van der Waals surface area contributed by atoms with Crippen LogP contribution in [0, 0.1) is 17.5 Å². The third kappa shape index (κ3) is 5.05. The molecular formula is C26H19ClF3N5O2. The van der Waals surface area contributed by atoms with E-state index in [1.807, 2.05) is 0 Å². The molecule has 0 saturated carbocycles. The summed E-state index contributed by atoms with van der Waals surface area (Å²) in [5, 5.41) is 4.39. The summed E-state index contributed by atoms with van der Waals surface area (Å²) < 4.78 is 43.5. The zero-order valence-corrected chi connectivity index (χ0v) is 20.0. The van der Waals surface area contributed by atoms with Crippen molar-refractivity contribution in [3.63, 3.8) is 0 Å². The first-order chi connectivity index (χ1) is 17.8. The molecule has 7 nitrogen and oxygen atoms in total. The van der Waals surface area contributed by atoms with Crippen molar-refractivity contribution in [3.05, 3.63) is 88.3 Å². The quantitative estimate of drug-likeness (QED) is 0.304. The smallest absolute Gasteiger partial charge is 0.323 e. The highest BCUT2D eigenvalue weighted by Gasteiger charge is 2.24. The lowest BCUT2D eigenvalue weighted by atomic mass is 10.0. The molecule has 1 aliphatic rings. The first-order valence-corrected chi connectivity index (χ1v) is 11.8. The van der Waals surface area contributed by atoms with E-state index in [2.05, 4.69) is 25.5 Å². The maximum absolute atomic E-state index is 15.3. The Morgan fingerprint density at radius 2 is 1.68 bits per heavy atom. The van der Waals surface area contributed by atoms with E-state index < -0.39 is 40.5 Å². The molecule has 1 aromatic heterocycles. The van der Waals surface area contributed by atoms with Gasteiger partial charge < -0.3 is 15.5 Å². The van der Waals surface area contributed by atoms with Crippen molar-refractivity contribution in [2.45, 2.75) is 12.8 Å². The van der Waals surface area contributed by atoms with E-state index >= 15 is 4.39 Å². The van der Waals surface area contributed by atoms with Gasteiger partial charge in [-0.05, 0) is 61.4 Å². The van der Waals surface area contributed by atoms with Crippen LogP contribution < -0.4 is 15.5 Å². The van der Waals surface area contributed by atoms with Crippen LogP contribution in [-0.2, 0) is 0 Å². The maximum Gasteiger partial charge on any atom is 0.323 e. The molecule has 1 aliphatic heterocycles. The number of halogens is 4. The molecule has 0 unspecified atom stereocenters. The second-order valence-electron chi connectivity index (χ2n) is 8.45. The monoisotopic (exact) mass is 525 g/mol. The van der Waals surface area contributed by atoms with Crippen molar-refractivity contribution in [1.82, 2.24) is 9.97 Å². The summed E-state index contributed by atoms with van der Waals surface area (Å²) in [5.74, 6) is -3.35. The fourth-order valence-corrected chi connectivity index (χ4v) is 4.22. The Morgan fingerprint density at radius 1 is 0.892 bits per heavy atom. The number of nitrogens with zero attached hydrogens (tertiary/aromatic N) is 3. The van der Waals surface area contributed by atoms with E-state index in [0.717, 1.165) is 44.1 Å². The topological polar surface area (TPSA) is 87.2 Å². The minimum absolute atomic E-state index is 0.0106. The number of carbonyl (C=O) groups is 2. The summed E-state index contributed by atoms with van der Waals surface area (Å²) in [6.07, 6.45) is 3.76. The fraction of sp³-hybridized carbons (Fsp3) is 0.154. The molecule has 5 rings (SSSR count). The molecule has 0 spiro atoms. The molecule has 0 bridgehead atoms. The van der Waals surface area contributed by atoms with Gasteiger partial charge in [0.05, 0.1) is 33.5 Å². The van der Waals surface area contributed by atoms with E-state index in [-0.39, 0.29) is 16.3 Å². The molecule has 188 valence electrons. The number of hydrogen-bond donors (Lipinski definition) is 2. The van der Waals surface area contributed by atoms with Gasteiger partial charge >= 0.3 is 6.03 Å². The third-order valence-corrected chi connectivity index (χ3v) is 6.27. The zero-order chi connectivity index (χ0) is 26.1. The summed E-state index contributed by atoms with van der Waals surface area (Å²) in [5.41, 5.74) is -0.252. The van der Waals surface area contributed by atoms with Gasteiger partial charge in [0, 0.05) is 24.3 Å². The summed E-state index contributed by atoms with van der Waals surface area (Å²) in [6, 6.07) is 8.90. The molecule has 1 fully saturated rings. The Hall–Kier alpha value is -4.18. The first-order valence-electron chi connectivity index (χ1n) is 11.4. The molecule has 2 amide bonds. The number of ketones is 1. The number of urea groups is 1. The van der Waals surface area contributed by atoms with Gasteiger partial charge in [0.1, 0.15) is 17.5 Å². The van der Waals surface area contributed by atoms with Crippen molar-refractivity contribution in [2.24, 2.45) is 0 Å². The lowest BCUT2D eigenvalue weighted by Crippen LogP contribution is -2.21. The van der Waals surface area contributed by atoms with Gasteiger partial charge in [-0.2, -0.15) is 0 Å². The summed E-state index contributed by atoms with van der Waals surface area (Å²) >= 11 is 5.62. The first kappa shape index (κ1) is 24.5. The molecule has 2 heterocycles. The average molecular weight is 526 g/mol. The molecule has 0 atom stereocenters. The summed E-state index contributed by atoms with van der Waals surface area (Å²) in [4.78, 5) is 36.5. The predicted octanol–water partition coefficient (Wildman–Crippen LogP) is 6.18. The number of anilines is 3. The Kier molecular flexibility index (Phi) is 6.66. The van der Waals surface area contributed by atoms with Gasteiger partial charge in [-0.1, -0.05) is 11.6 Å². The van der Waals surface area contributed by atoms with Crippen LogP contribution in [0.2, 0.25) is 5.02 Å². The second-order valence-corrected chi connectivity index (χ2v) is 8.85. The molecule has 1 saturated heterocycles. The molecular weight excluding hydrogens is 507 g/mol. The maximum atomic E-state index is 15.3. The Morgan fingerprint density at radius 3 is 2.43 bits per heavy atom. The Bertz CT molecular complexity index is 1540. The molecule has 0 radical (unpaired) electrons. The summed E-state index contributed by atoms with van der Waals surface area (Å²) in [6.45, 7) is 1.71. The number of carbonyl (C=O) groups excluding carboxylic acids is 2. The van der Waals surface area contributed by atoms with Crippen LogP contribution in [0.15, 0.2) is 54.7 Å². The number of aromatic nitrogens is 2. The van der Waals surface area contributed by atoms with Gasteiger partial charge in [0.2, 0.25) is 0 Å². The van der Waals surface area contributed by atoms with E-state index in [4.69, 9.17) is 11.6 Å². The minimum Gasteiger partial charge on any atom is -0.355 e. The van der Waals surface area contributed by atoms with Crippen LogP contribution in [-0.4, -0.2) is 34.9 Å². The Labute approximate surface area is 214 Å². The Balaban J connectivity index is 1.40. The summed E-state index contributed by atoms with van der Waals surface area (Å²) in [7, 11) is 0. The van der Waals surface area contributed by atoms with Gasteiger partial charge in [0.25, 0.3) is 0 Å². The number of hydrogen-bond acceptors (Lipinski definition) is 5. The highest BCUT2D eigenvalue weighted by Crippen LogP contribution is 2.27. The van der Waals surface area contributed by atoms with Gasteiger partial charge in [-0.25, -0.2) is 22.9 Å². The van der Waals surface area contributed by atoms with Gasteiger partial charge in [-0.15, -0.1) is 0 Å². The number of benzene rings is 3. The van der Waals surface area contributed by atoms with Crippen molar-refractivity contribution in [1.29, 1.82) is 0 Å². The van der Waals surface area contributed by atoms with Crippen LogP contribution in [0.3, 0.4) is 0 Å². The minimum atomic E-state index is -1.25. The van der Waals surface area contributed by atoms with Crippen molar-refractivity contribution in [3.8, 4) is 0 Å². The average Bonchev–Trinajstić information content (AvgIpc) is 3.42. The molecule has 11 heteroatoms. The van der Waals surface area contributed by atoms with Crippen LogP contribution in [0.1, 0.15) is 28.8 Å². The SMILES string of the molecule is O=C(Nc1ccc(Cl)c(F)c1)Nc1ccc(F)c(C(=O)c2ccc3ncc(N4CCCC4)nc3c2)c1F. The van der Waals surface area contributed by atoms with E-state index in [1.54, 1.807) is 12.3 Å². The zero-order valence-electron chi connectivity index (χ0n) is 19.2. The lowest BCUT2D eigenvalue weighted by Gasteiger charge is -2.16. The highest BCUT2D eigenvalue weighted by atomic mass is 35.5. The predicted molar refractivity (Wildman–Crippen MR) is 135 cm³/mol. The van der Waals surface area contributed by atoms with Crippen LogP contribution in [0.4, 0.5) is 35.2 Å². The largest absolute Gasteiger partial charge is 0.355 e. The van der Waals surface area contributed by atoms with Crippen molar-refractivity contribution >= 4 is 51.6 Å². The van der Waals surface area contributed by atoms with Crippen molar-refractivity contribution < 1.29 is 22.8 Å². The molecule has 3 aromatic carbocycles. The molecule has 0 aliphatic carbocycles. The lowest BCUT2D eigenvalue weighted by molar-refractivity contribution is 0.103. The normalized spacial score (nSPS) is 13.1. The van der Waals surface area contributed by atoms with E-state index in [9.17, 15) is 18.4 Å².